The summed E-state index contributed by atoms with van der Waals surface area (Å²) in [4.78, 5) is 49.0. The van der Waals surface area contributed by atoms with Crippen LogP contribution in [0, 0.1) is 6.92 Å². The molecule has 0 bridgehead atoms. The number of amides is 3. The number of esters is 1. The molecule has 0 saturated carbocycles. The molecule has 2 aromatic carbocycles. The Kier molecular flexibility index (Phi) is 4.79. The van der Waals surface area contributed by atoms with E-state index in [0.717, 1.165) is 10.5 Å². The monoisotopic (exact) mass is 352 g/mol. The number of hydrogen-bond acceptors (Lipinski definition) is 5. The summed E-state index contributed by atoms with van der Waals surface area (Å²) in [5.41, 5.74) is 2.00. The Morgan fingerprint density at radius 2 is 1.54 bits per heavy atom. The Morgan fingerprint density at radius 3 is 2.15 bits per heavy atom. The minimum Gasteiger partial charge on any atom is -0.454 e. The SMILES string of the molecule is Cc1ccccc1NC(=O)COC(=O)CN1C(=O)c2ccccc2C1=O. The highest BCUT2D eigenvalue weighted by Crippen LogP contribution is 2.22. The highest BCUT2D eigenvalue weighted by atomic mass is 16.5. The summed E-state index contributed by atoms with van der Waals surface area (Å²) in [7, 11) is 0. The van der Waals surface area contributed by atoms with Gasteiger partial charge in [-0.1, -0.05) is 30.3 Å². The third-order valence-electron chi connectivity index (χ3n) is 3.95. The van der Waals surface area contributed by atoms with Crippen LogP contribution in [0.15, 0.2) is 48.5 Å². The third kappa shape index (κ3) is 3.46. The summed E-state index contributed by atoms with van der Waals surface area (Å²) in [6.07, 6.45) is 0. The normalized spacial score (nSPS) is 12.7. The summed E-state index contributed by atoms with van der Waals surface area (Å²) in [5.74, 6) is -2.44. The van der Waals surface area contributed by atoms with Gasteiger partial charge in [0, 0.05) is 5.69 Å². The Morgan fingerprint density at radius 1 is 0.962 bits per heavy atom. The number of nitrogens with zero attached hydrogens (tertiary/aromatic N) is 1. The average molecular weight is 352 g/mol. The first-order valence-corrected chi connectivity index (χ1v) is 7.93. The van der Waals surface area contributed by atoms with Crippen molar-refractivity contribution in [2.24, 2.45) is 0 Å². The average Bonchev–Trinajstić information content (AvgIpc) is 2.87. The number of para-hydroxylation sites is 1. The van der Waals surface area contributed by atoms with Gasteiger partial charge in [0.15, 0.2) is 6.61 Å². The third-order valence-corrected chi connectivity index (χ3v) is 3.95. The first-order chi connectivity index (χ1) is 12.5. The molecule has 0 saturated heterocycles. The van der Waals surface area contributed by atoms with Gasteiger partial charge >= 0.3 is 5.97 Å². The van der Waals surface area contributed by atoms with Crippen LogP contribution in [0.5, 0.6) is 0 Å². The Balaban J connectivity index is 1.54. The molecular weight excluding hydrogens is 336 g/mol. The van der Waals surface area contributed by atoms with E-state index < -0.39 is 36.8 Å². The summed E-state index contributed by atoms with van der Waals surface area (Å²) in [6.45, 7) is 0.796. The fraction of sp³-hybridized carbons (Fsp3) is 0.158. The van der Waals surface area contributed by atoms with Crippen molar-refractivity contribution in [1.82, 2.24) is 4.90 Å². The first-order valence-electron chi connectivity index (χ1n) is 7.93. The molecule has 0 fully saturated rings. The number of nitrogens with one attached hydrogen (secondary N) is 1. The summed E-state index contributed by atoms with van der Waals surface area (Å²) in [6, 6.07) is 13.5. The molecule has 1 aliphatic heterocycles. The molecule has 1 N–H and O–H groups in total. The number of anilines is 1. The number of carbonyl (C=O) groups excluding carboxylic acids is 4. The summed E-state index contributed by atoms with van der Waals surface area (Å²) in [5, 5.41) is 2.63. The van der Waals surface area contributed by atoms with Gasteiger partial charge in [0.05, 0.1) is 11.1 Å². The fourth-order valence-electron chi connectivity index (χ4n) is 2.60. The number of aryl methyl sites for hydroxylation is 1. The molecule has 7 nitrogen and oxygen atoms in total. The number of imide groups is 1. The van der Waals surface area contributed by atoms with Gasteiger partial charge in [-0.15, -0.1) is 0 Å². The molecule has 0 radical (unpaired) electrons. The zero-order chi connectivity index (χ0) is 18.7. The van der Waals surface area contributed by atoms with Gasteiger partial charge in [-0.3, -0.25) is 24.1 Å². The van der Waals surface area contributed by atoms with E-state index in [9.17, 15) is 19.2 Å². The van der Waals surface area contributed by atoms with Gasteiger partial charge in [0.2, 0.25) is 0 Å². The molecule has 1 heterocycles. The number of benzene rings is 2. The molecule has 3 amide bonds. The van der Waals surface area contributed by atoms with Crippen molar-refractivity contribution in [1.29, 1.82) is 0 Å². The number of ether oxygens (including phenoxy) is 1. The maximum atomic E-state index is 12.2. The fourth-order valence-corrected chi connectivity index (χ4v) is 2.60. The van der Waals surface area contributed by atoms with E-state index in [1.807, 2.05) is 19.1 Å². The van der Waals surface area contributed by atoms with Crippen LogP contribution in [0.25, 0.3) is 0 Å². The number of hydrogen-bond donors (Lipinski definition) is 1. The maximum Gasteiger partial charge on any atom is 0.326 e. The van der Waals surface area contributed by atoms with Crippen molar-refractivity contribution in [2.75, 3.05) is 18.5 Å². The van der Waals surface area contributed by atoms with Crippen LogP contribution < -0.4 is 5.32 Å². The van der Waals surface area contributed by atoms with E-state index in [0.29, 0.717) is 5.69 Å². The van der Waals surface area contributed by atoms with Crippen molar-refractivity contribution in [3.8, 4) is 0 Å². The lowest BCUT2D eigenvalue weighted by atomic mass is 10.1. The van der Waals surface area contributed by atoms with Gasteiger partial charge < -0.3 is 10.1 Å². The summed E-state index contributed by atoms with van der Waals surface area (Å²) >= 11 is 0. The molecule has 2 aromatic rings. The van der Waals surface area contributed by atoms with E-state index in [1.54, 1.807) is 24.3 Å². The second-order valence-electron chi connectivity index (χ2n) is 5.77. The van der Waals surface area contributed by atoms with Crippen LogP contribution in [0.3, 0.4) is 0 Å². The molecule has 0 spiro atoms. The van der Waals surface area contributed by atoms with Crippen molar-refractivity contribution < 1.29 is 23.9 Å². The predicted molar refractivity (Wildman–Crippen MR) is 92.6 cm³/mol. The minimum atomic E-state index is -0.834. The maximum absolute atomic E-state index is 12.2. The number of carbonyl (C=O) groups is 4. The lowest BCUT2D eigenvalue weighted by Crippen LogP contribution is -2.36. The highest BCUT2D eigenvalue weighted by Gasteiger charge is 2.36. The van der Waals surface area contributed by atoms with E-state index in [-0.39, 0.29) is 11.1 Å². The first kappa shape index (κ1) is 17.3. The number of fused-ring (bicyclic) bond motifs is 1. The molecule has 3 rings (SSSR count). The van der Waals surface area contributed by atoms with Crippen LogP contribution in [0.1, 0.15) is 26.3 Å². The quantitative estimate of drug-likeness (QED) is 0.654. The van der Waals surface area contributed by atoms with E-state index in [2.05, 4.69) is 5.32 Å². The van der Waals surface area contributed by atoms with Crippen LogP contribution >= 0.6 is 0 Å². The topological polar surface area (TPSA) is 92.8 Å². The van der Waals surface area contributed by atoms with Gasteiger partial charge in [-0.05, 0) is 30.7 Å². The van der Waals surface area contributed by atoms with Crippen molar-refractivity contribution in [2.45, 2.75) is 6.92 Å². The highest BCUT2D eigenvalue weighted by molar-refractivity contribution is 6.22. The molecule has 26 heavy (non-hydrogen) atoms. The van der Waals surface area contributed by atoms with Crippen molar-refractivity contribution >= 4 is 29.4 Å². The van der Waals surface area contributed by atoms with E-state index in [1.165, 1.54) is 12.1 Å². The largest absolute Gasteiger partial charge is 0.454 e. The Labute approximate surface area is 149 Å². The predicted octanol–water partition coefficient (Wildman–Crippen LogP) is 1.77. The molecule has 1 aliphatic rings. The van der Waals surface area contributed by atoms with Crippen LogP contribution in [-0.2, 0) is 14.3 Å². The molecule has 0 atom stereocenters. The van der Waals surface area contributed by atoms with Crippen LogP contribution in [0.2, 0.25) is 0 Å². The molecular formula is C19H16N2O5. The molecule has 0 aromatic heterocycles. The second kappa shape index (κ2) is 7.18. The van der Waals surface area contributed by atoms with Crippen molar-refractivity contribution in [3.63, 3.8) is 0 Å². The van der Waals surface area contributed by atoms with Crippen LogP contribution in [0.4, 0.5) is 5.69 Å². The Hall–Kier alpha value is -3.48. The lowest BCUT2D eigenvalue weighted by Gasteiger charge is -2.13. The lowest BCUT2D eigenvalue weighted by molar-refractivity contribution is -0.147. The zero-order valence-electron chi connectivity index (χ0n) is 14.0. The summed E-state index contributed by atoms with van der Waals surface area (Å²) < 4.78 is 4.88. The molecule has 7 heteroatoms. The number of rotatable bonds is 5. The zero-order valence-corrected chi connectivity index (χ0v) is 14.0. The second-order valence-corrected chi connectivity index (χ2v) is 5.77. The smallest absolute Gasteiger partial charge is 0.326 e. The molecule has 0 unspecified atom stereocenters. The van der Waals surface area contributed by atoms with Gasteiger partial charge in [0.25, 0.3) is 17.7 Å². The minimum absolute atomic E-state index is 0.252. The van der Waals surface area contributed by atoms with Gasteiger partial charge in [-0.2, -0.15) is 0 Å². The Bertz CT molecular complexity index is 871. The van der Waals surface area contributed by atoms with Gasteiger partial charge in [0.1, 0.15) is 6.54 Å². The van der Waals surface area contributed by atoms with E-state index >= 15 is 0 Å². The standard InChI is InChI=1S/C19H16N2O5/c1-12-6-2-5-9-15(12)20-16(22)11-26-17(23)10-21-18(24)13-7-3-4-8-14(13)19(21)25/h2-9H,10-11H2,1H3,(H,20,22). The van der Waals surface area contributed by atoms with Crippen molar-refractivity contribution in [3.05, 3.63) is 65.2 Å². The van der Waals surface area contributed by atoms with E-state index in [4.69, 9.17) is 4.74 Å². The van der Waals surface area contributed by atoms with Crippen LogP contribution in [-0.4, -0.2) is 41.7 Å². The molecule has 132 valence electrons. The molecule has 0 aliphatic carbocycles. The van der Waals surface area contributed by atoms with Gasteiger partial charge in [-0.25, -0.2) is 0 Å².